The van der Waals surface area contributed by atoms with Gasteiger partial charge in [-0.1, -0.05) is 0 Å². The van der Waals surface area contributed by atoms with Crippen molar-refractivity contribution in [1.82, 2.24) is 25.5 Å². The van der Waals surface area contributed by atoms with Gasteiger partial charge in [-0.3, -0.25) is 9.59 Å². The molecule has 1 aromatic rings. The number of H-pyrrole nitrogens is 1. The summed E-state index contributed by atoms with van der Waals surface area (Å²) >= 11 is 0. The molecule has 1 aliphatic heterocycles. The van der Waals surface area contributed by atoms with Crippen LogP contribution in [0.4, 0.5) is 0 Å². The van der Waals surface area contributed by atoms with Crippen molar-refractivity contribution in [3.8, 4) is 0 Å². The van der Waals surface area contributed by atoms with Crippen molar-refractivity contribution < 1.29 is 9.59 Å². The van der Waals surface area contributed by atoms with Crippen LogP contribution in [0.5, 0.6) is 0 Å². The number of hydrogen-bond donors (Lipinski definition) is 2. The highest BCUT2D eigenvalue weighted by Gasteiger charge is 2.33. The lowest BCUT2D eigenvalue weighted by molar-refractivity contribution is -0.123. The predicted octanol–water partition coefficient (Wildman–Crippen LogP) is -1.07. The Hall–Kier alpha value is -1.99. The second-order valence-corrected chi connectivity index (χ2v) is 4.22. The fraction of sp³-hybridized carbons (Fsp3) is 0.667. The number of aromatic nitrogens is 4. The number of aromatic amines is 1. The van der Waals surface area contributed by atoms with Gasteiger partial charge in [0.25, 0.3) is 11.7 Å². The number of nitrogens with two attached hydrogens (primary N) is 1. The van der Waals surface area contributed by atoms with E-state index < -0.39 is 0 Å². The molecule has 17 heavy (non-hydrogen) atoms. The van der Waals surface area contributed by atoms with Gasteiger partial charge in [0.15, 0.2) is 0 Å². The van der Waals surface area contributed by atoms with Gasteiger partial charge >= 0.3 is 0 Å². The number of piperidine rings is 1. The zero-order valence-corrected chi connectivity index (χ0v) is 9.46. The zero-order valence-electron chi connectivity index (χ0n) is 9.46. The minimum atomic E-state index is -0.372. The summed E-state index contributed by atoms with van der Waals surface area (Å²) < 4.78 is 0. The molecule has 1 aromatic heterocycles. The van der Waals surface area contributed by atoms with Crippen LogP contribution in [0.15, 0.2) is 0 Å². The van der Waals surface area contributed by atoms with Crippen molar-refractivity contribution in [1.29, 1.82) is 0 Å². The smallest absolute Gasteiger partial charge is 0.295 e. The normalized spacial score (nSPS) is 24.6. The van der Waals surface area contributed by atoms with E-state index >= 15 is 0 Å². The van der Waals surface area contributed by atoms with Crippen molar-refractivity contribution in [3.63, 3.8) is 0 Å². The Morgan fingerprint density at radius 2 is 2.24 bits per heavy atom. The number of tetrazole rings is 1. The Morgan fingerprint density at radius 1 is 1.47 bits per heavy atom. The molecule has 0 bridgehead atoms. The third-order valence-corrected chi connectivity index (χ3v) is 3.08. The van der Waals surface area contributed by atoms with E-state index in [1.807, 2.05) is 6.92 Å². The molecule has 2 atom stereocenters. The average molecular weight is 238 g/mol. The number of carbonyl (C=O) groups excluding carboxylic acids is 2. The highest BCUT2D eigenvalue weighted by atomic mass is 16.2. The molecule has 92 valence electrons. The molecule has 0 spiro atoms. The highest BCUT2D eigenvalue weighted by molar-refractivity contribution is 5.91. The van der Waals surface area contributed by atoms with Crippen LogP contribution in [0.1, 0.15) is 30.4 Å². The molecule has 0 radical (unpaired) electrons. The molecule has 1 aliphatic rings. The topological polar surface area (TPSA) is 118 Å². The molecule has 0 aliphatic carbocycles. The van der Waals surface area contributed by atoms with Gasteiger partial charge in [0, 0.05) is 12.6 Å². The summed E-state index contributed by atoms with van der Waals surface area (Å²) in [6.45, 7) is 2.25. The van der Waals surface area contributed by atoms with Crippen LogP contribution in [0.3, 0.4) is 0 Å². The molecule has 2 rings (SSSR count). The molecule has 8 nitrogen and oxygen atoms in total. The molecule has 0 saturated carbocycles. The van der Waals surface area contributed by atoms with Crippen molar-refractivity contribution >= 4 is 11.8 Å². The largest absolute Gasteiger partial charge is 0.369 e. The number of rotatable bonds is 2. The van der Waals surface area contributed by atoms with Crippen LogP contribution in [0.25, 0.3) is 0 Å². The van der Waals surface area contributed by atoms with Gasteiger partial charge in [-0.05, 0) is 25.0 Å². The molecule has 3 N–H and O–H groups in total. The first-order valence-electron chi connectivity index (χ1n) is 5.43. The minimum Gasteiger partial charge on any atom is -0.369 e. The van der Waals surface area contributed by atoms with E-state index in [4.69, 9.17) is 5.73 Å². The van der Waals surface area contributed by atoms with E-state index in [-0.39, 0.29) is 29.6 Å². The van der Waals surface area contributed by atoms with Gasteiger partial charge in [0.1, 0.15) is 0 Å². The lowest BCUT2D eigenvalue weighted by Gasteiger charge is -2.36. The van der Waals surface area contributed by atoms with Gasteiger partial charge in [0.2, 0.25) is 5.91 Å². The Bertz CT molecular complexity index is 417. The van der Waals surface area contributed by atoms with Crippen molar-refractivity contribution in [3.05, 3.63) is 5.82 Å². The van der Waals surface area contributed by atoms with Crippen LogP contribution in [-0.4, -0.2) is 49.9 Å². The summed E-state index contributed by atoms with van der Waals surface area (Å²) in [5.74, 6) is -0.968. The molecule has 1 fully saturated rings. The van der Waals surface area contributed by atoms with E-state index in [0.717, 1.165) is 6.42 Å². The number of nitrogens with one attached hydrogen (secondary N) is 1. The number of primary amides is 1. The summed E-state index contributed by atoms with van der Waals surface area (Å²) in [7, 11) is 0. The minimum absolute atomic E-state index is 0.0157. The molecule has 2 amide bonds. The van der Waals surface area contributed by atoms with E-state index in [0.29, 0.717) is 13.0 Å². The molecule has 8 heteroatoms. The number of amides is 2. The maximum atomic E-state index is 12.0. The molecule has 1 saturated heterocycles. The van der Waals surface area contributed by atoms with Crippen LogP contribution >= 0.6 is 0 Å². The number of likely N-dealkylation sites (tertiary alicyclic amines) is 1. The second kappa shape index (κ2) is 4.48. The lowest BCUT2D eigenvalue weighted by atomic mass is 9.93. The van der Waals surface area contributed by atoms with Gasteiger partial charge in [-0.2, -0.15) is 5.21 Å². The Labute approximate surface area is 97.5 Å². The average Bonchev–Trinajstić information content (AvgIpc) is 2.81. The first-order valence-corrected chi connectivity index (χ1v) is 5.43. The van der Waals surface area contributed by atoms with E-state index in [1.165, 1.54) is 0 Å². The van der Waals surface area contributed by atoms with Crippen molar-refractivity contribution in [2.75, 3.05) is 6.54 Å². The predicted molar refractivity (Wildman–Crippen MR) is 56.6 cm³/mol. The molecular weight excluding hydrogens is 224 g/mol. The summed E-state index contributed by atoms with van der Waals surface area (Å²) in [4.78, 5) is 24.8. The van der Waals surface area contributed by atoms with Gasteiger partial charge in [0.05, 0.1) is 5.92 Å². The second-order valence-electron chi connectivity index (χ2n) is 4.22. The number of carbonyl (C=O) groups is 2. The quantitative estimate of drug-likeness (QED) is 0.679. The third kappa shape index (κ3) is 2.24. The summed E-state index contributed by atoms with van der Waals surface area (Å²) in [5.41, 5.74) is 5.27. The number of nitrogens with zero attached hydrogens (tertiary/aromatic N) is 4. The summed E-state index contributed by atoms with van der Waals surface area (Å²) in [5, 5.41) is 12.9. The Morgan fingerprint density at radius 3 is 2.82 bits per heavy atom. The molecule has 2 heterocycles. The highest BCUT2D eigenvalue weighted by Crippen LogP contribution is 2.22. The van der Waals surface area contributed by atoms with E-state index in [2.05, 4.69) is 20.6 Å². The molecule has 2 unspecified atom stereocenters. The van der Waals surface area contributed by atoms with Crippen LogP contribution in [-0.2, 0) is 4.79 Å². The maximum Gasteiger partial charge on any atom is 0.295 e. The van der Waals surface area contributed by atoms with Crippen LogP contribution in [0.2, 0.25) is 0 Å². The first-order chi connectivity index (χ1) is 8.09. The summed E-state index contributed by atoms with van der Waals surface area (Å²) in [6, 6.07) is 0.0524. The SMILES string of the molecule is CC1CCC(C(N)=O)CN1C(=O)c1nn[nH]n1. The van der Waals surface area contributed by atoms with Crippen LogP contribution < -0.4 is 5.73 Å². The first kappa shape index (κ1) is 11.5. The summed E-state index contributed by atoms with van der Waals surface area (Å²) in [6.07, 6.45) is 1.46. The number of hydrogen-bond acceptors (Lipinski definition) is 5. The van der Waals surface area contributed by atoms with Crippen molar-refractivity contribution in [2.45, 2.75) is 25.8 Å². The third-order valence-electron chi connectivity index (χ3n) is 3.08. The monoisotopic (exact) mass is 238 g/mol. The Kier molecular flexibility index (Phi) is 3.03. The van der Waals surface area contributed by atoms with Crippen LogP contribution in [0, 0.1) is 5.92 Å². The molecule has 0 aromatic carbocycles. The maximum absolute atomic E-state index is 12.0. The standard InChI is InChI=1S/C9H14N6O2/c1-5-2-3-6(7(10)16)4-15(5)9(17)8-11-13-14-12-8/h5-6H,2-4H2,1H3,(H2,10,16)(H,11,12,13,14). The van der Waals surface area contributed by atoms with Gasteiger partial charge < -0.3 is 10.6 Å². The van der Waals surface area contributed by atoms with E-state index in [1.54, 1.807) is 4.90 Å². The fourth-order valence-electron chi connectivity index (χ4n) is 2.00. The Balaban J connectivity index is 2.13. The fourth-order valence-corrected chi connectivity index (χ4v) is 2.00. The van der Waals surface area contributed by atoms with Crippen molar-refractivity contribution in [2.24, 2.45) is 11.7 Å². The zero-order chi connectivity index (χ0) is 12.4. The van der Waals surface area contributed by atoms with Gasteiger partial charge in [-0.15, -0.1) is 10.2 Å². The van der Waals surface area contributed by atoms with E-state index in [9.17, 15) is 9.59 Å². The molecular formula is C9H14N6O2. The lowest BCUT2D eigenvalue weighted by Crippen LogP contribution is -2.48. The van der Waals surface area contributed by atoms with Gasteiger partial charge in [-0.25, -0.2) is 0 Å².